The molecule has 1 aromatic rings. The number of halogens is 1. The van der Waals surface area contributed by atoms with Gasteiger partial charge in [-0.25, -0.2) is 9.59 Å². The van der Waals surface area contributed by atoms with Crippen LogP contribution in [0.4, 0.5) is 10.5 Å². The van der Waals surface area contributed by atoms with Crippen molar-refractivity contribution in [3.8, 4) is 0 Å². The first kappa shape index (κ1) is 16.9. The fourth-order valence-electron chi connectivity index (χ4n) is 1.56. The molecule has 0 unspecified atom stereocenters. The maximum absolute atomic E-state index is 12.1. The van der Waals surface area contributed by atoms with E-state index < -0.39 is 28.0 Å². The van der Waals surface area contributed by atoms with E-state index in [1.54, 1.807) is 20.8 Å². The van der Waals surface area contributed by atoms with Crippen molar-refractivity contribution in [1.29, 1.82) is 0 Å². The summed E-state index contributed by atoms with van der Waals surface area (Å²) in [5.74, 6) is -0.939. The van der Waals surface area contributed by atoms with E-state index in [2.05, 4.69) is 4.74 Å². The van der Waals surface area contributed by atoms with Gasteiger partial charge < -0.3 is 9.47 Å². The summed E-state index contributed by atoms with van der Waals surface area (Å²) >= 11 is 5.13. The normalized spacial score (nSPS) is 12.4. The lowest BCUT2D eigenvalue weighted by Gasteiger charge is -2.23. The van der Waals surface area contributed by atoms with E-state index in [0.717, 1.165) is 0 Å². The number of hydrogen-bond acceptors (Lipinski definition) is 6. The number of esters is 1. The van der Waals surface area contributed by atoms with E-state index >= 15 is 0 Å². The molecule has 1 atom stereocenters. The Morgan fingerprint density at radius 3 is 2.33 bits per heavy atom. The highest BCUT2D eigenvalue weighted by Crippen LogP contribution is 2.30. The summed E-state index contributed by atoms with van der Waals surface area (Å²) < 4.78 is 9.77. The first-order chi connectivity index (χ1) is 9.61. The van der Waals surface area contributed by atoms with E-state index in [9.17, 15) is 19.7 Å². The van der Waals surface area contributed by atoms with Crippen LogP contribution in [0, 0.1) is 10.1 Å². The van der Waals surface area contributed by atoms with Crippen LogP contribution in [0.1, 0.15) is 32.4 Å². The van der Waals surface area contributed by atoms with Crippen molar-refractivity contribution in [3.05, 3.63) is 39.9 Å². The molecule has 0 aliphatic carbocycles. The highest BCUT2D eigenvalue weighted by molar-refractivity contribution is 6.61. The van der Waals surface area contributed by atoms with Crippen LogP contribution >= 0.6 is 11.6 Å². The van der Waals surface area contributed by atoms with Gasteiger partial charge in [0.25, 0.3) is 5.69 Å². The first-order valence-electron chi connectivity index (χ1n) is 5.94. The van der Waals surface area contributed by atoms with Crippen molar-refractivity contribution in [2.45, 2.75) is 32.5 Å². The molecule has 0 spiro atoms. The second-order valence-corrected chi connectivity index (χ2v) is 5.39. The van der Waals surface area contributed by atoms with Crippen LogP contribution in [0.2, 0.25) is 0 Å². The van der Waals surface area contributed by atoms with Gasteiger partial charge in [-0.15, -0.1) is 0 Å². The molecule has 0 heterocycles. The standard InChI is InChI=1S/C13H14ClNO6/c1-13(2,3)21-11(16)10(20-12(14)17)8-6-4-5-7-9(8)15(18)19/h4-7,10H,1-3H3/t10-/m1/s1. The van der Waals surface area contributed by atoms with E-state index in [1.165, 1.54) is 24.3 Å². The monoisotopic (exact) mass is 315 g/mol. The topological polar surface area (TPSA) is 95.7 Å². The Kier molecular flexibility index (Phi) is 5.26. The van der Waals surface area contributed by atoms with Crippen molar-refractivity contribution in [2.75, 3.05) is 0 Å². The third-order valence-corrected chi connectivity index (χ3v) is 2.34. The predicted octanol–water partition coefficient (Wildman–Crippen LogP) is 3.35. The van der Waals surface area contributed by atoms with Crippen molar-refractivity contribution in [2.24, 2.45) is 0 Å². The largest absolute Gasteiger partial charge is 0.457 e. The van der Waals surface area contributed by atoms with E-state index in [-0.39, 0.29) is 11.3 Å². The van der Waals surface area contributed by atoms with Gasteiger partial charge in [-0.2, -0.15) is 0 Å². The molecule has 1 rings (SSSR count). The van der Waals surface area contributed by atoms with Crippen LogP contribution in [0.15, 0.2) is 24.3 Å². The number of nitrogens with zero attached hydrogens (tertiary/aromatic N) is 1. The number of rotatable bonds is 4. The summed E-state index contributed by atoms with van der Waals surface area (Å²) in [4.78, 5) is 33.3. The maximum Gasteiger partial charge on any atom is 0.404 e. The van der Waals surface area contributed by atoms with E-state index in [4.69, 9.17) is 16.3 Å². The second kappa shape index (κ2) is 6.53. The molecule has 0 aromatic heterocycles. The van der Waals surface area contributed by atoms with Crippen molar-refractivity contribution in [3.63, 3.8) is 0 Å². The molecule has 8 heteroatoms. The molecule has 0 saturated heterocycles. The SMILES string of the molecule is CC(C)(C)OC(=O)[C@H](OC(=O)Cl)c1ccccc1[N+](=O)[O-]. The minimum absolute atomic E-state index is 0.106. The molecule has 0 fully saturated rings. The molecule has 0 aliphatic rings. The fraction of sp³-hybridized carbons (Fsp3) is 0.385. The summed E-state index contributed by atoms with van der Waals surface area (Å²) in [6.45, 7) is 4.84. The molecule has 0 N–H and O–H groups in total. The Hall–Kier alpha value is -2.15. The van der Waals surface area contributed by atoms with Crippen LogP contribution in [0.3, 0.4) is 0 Å². The first-order valence-corrected chi connectivity index (χ1v) is 6.32. The van der Waals surface area contributed by atoms with Crippen molar-refractivity contribution in [1.82, 2.24) is 0 Å². The lowest BCUT2D eigenvalue weighted by Crippen LogP contribution is -2.29. The van der Waals surface area contributed by atoms with Gasteiger partial charge in [0.15, 0.2) is 0 Å². The number of carbonyl (C=O) groups excluding carboxylic acids is 2. The van der Waals surface area contributed by atoms with Gasteiger partial charge in [0.1, 0.15) is 5.60 Å². The quantitative estimate of drug-likeness (QED) is 0.366. The smallest absolute Gasteiger partial charge is 0.404 e. The van der Waals surface area contributed by atoms with Crippen LogP contribution in [0.5, 0.6) is 0 Å². The van der Waals surface area contributed by atoms with E-state index in [1.807, 2.05) is 0 Å². The molecule has 114 valence electrons. The number of ether oxygens (including phenoxy) is 2. The van der Waals surface area contributed by atoms with Gasteiger partial charge >= 0.3 is 11.4 Å². The summed E-state index contributed by atoms with van der Waals surface area (Å²) in [5.41, 5.74) is -2.58. The minimum Gasteiger partial charge on any atom is -0.457 e. The predicted molar refractivity (Wildman–Crippen MR) is 74.0 cm³/mol. The Balaban J connectivity index is 3.23. The zero-order chi connectivity index (χ0) is 16.2. The van der Waals surface area contributed by atoms with Crippen molar-refractivity contribution < 1.29 is 24.0 Å². The summed E-state index contributed by atoms with van der Waals surface area (Å²) in [6.07, 6.45) is -1.60. The van der Waals surface area contributed by atoms with Gasteiger partial charge in [-0.1, -0.05) is 12.1 Å². The van der Waals surface area contributed by atoms with Crippen molar-refractivity contribution >= 4 is 28.7 Å². The van der Waals surface area contributed by atoms with Crippen LogP contribution in [-0.4, -0.2) is 21.9 Å². The molecule has 0 radical (unpaired) electrons. The fourth-order valence-corrected chi connectivity index (χ4v) is 1.65. The summed E-state index contributed by atoms with van der Waals surface area (Å²) in [6, 6.07) is 5.39. The Morgan fingerprint density at radius 2 is 1.86 bits per heavy atom. The van der Waals surface area contributed by atoms with Crippen LogP contribution in [-0.2, 0) is 14.3 Å². The molecule has 0 bridgehead atoms. The number of hydrogen-bond donors (Lipinski definition) is 0. The molecule has 0 aliphatic heterocycles. The van der Waals surface area contributed by atoms with Gasteiger partial charge in [0, 0.05) is 17.7 Å². The number of carbonyl (C=O) groups is 2. The van der Waals surface area contributed by atoms with Gasteiger partial charge in [-0.3, -0.25) is 10.1 Å². The van der Waals surface area contributed by atoms with Gasteiger partial charge in [0.05, 0.1) is 10.5 Å². The molecular formula is C13H14ClNO6. The zero-order valence-corrected chi connectivity index (χ0v) is 12.4. The summed E-state index contributed by atoms with van der Waals surface area (Å²) in [5, 5.41) is 11.0. The third kappa shape index (κ3) is 5.03. The Morgan fingerprint density at radius 1 is 1.29 bits per heavy atom. The highest BCUT2D eigenvalue weighted by Gasteiger charge is 2.34. The molecule has 21 heavy (non-hydrogen) atoms. The molecule has 0 amide bonds. The number of nitro benzene ring substituents is 1. The Labute approximate surface area is 125 Å². The second-order valence-electron chi connectivity index (χ2n) is 5.08. The lowest BCUT2D eigenvalue weighted by molar-refractivity contribution is -0.386. The Bertz CT molecular complexity index is 566. The number of benzene rings is 1. The third-order valence-electron chi connectivity index (χ3n) is 2.25. The lowest BCUT2D eigenvalue weighted by atomic mass is 10.1. The number of para-hydroxylation sites is 1. The molecular weight excluding hydrogens is 302 g/mol. The average molecular weight is 316 g/mol. The minimum atomic E-state index is -1.60. The number of nitro groups is 1. The molecule has 0 saturated carbocycles. The zero-order valence-electron chi connectivity index (χ0n) is 11.7. The molecule has 7 nitrogen and oxygen atoms in total. The molecule has 1 aromatic carbocycles. The van der Waals surface area contributed by atoms with Crippen LogP contribution in [0.25, 0.3) is 0 Å². The highest BCUT2D eigenvalue weighted by atomic mass is 35.5. The average Bonchev–Trinajstić information content (AvgIpc) is 2.33. The van der Waals surface area contributed by atoms with E-state index in [0.29, 0.717) is 0 Å². The van der Waals surface area contributed by atoms with Gasteiger partial charge in [0.2, 0.25) is 6.10 Å². The van der Waals surface area contributed by atoms with Crippen LogP contribution < -0.4 is 0 Å². The van der Waals surface area contributed by atoms with Gasteiger partial charge in [-0.05, 0) is 26.8 Å². The summed E-state index contributed by atoms with van der Waals surface area (Å²) in [7, 11) is 0. The maximum atomic E-state index is 12.1.